The monoisotopic (exact) mass is 219 g/mol. The van der Waals surface area contributed by atoms with Gasteiger partial charge in [0.15, 0.2) is 0 Å². The Morgan fingerprint density at radius 3 is 2.88 bits per heavy atom. The highest BCUT2D eigenvalue weighted by molar-refractivity contribution is 5.17. The summed E-state index contributed by atoms with van der Waals surface area (Å²) in [5.74, 6) is 0.694. The van der Waals surface area contributed by atoms with E-state index in [0.29, 0.717) is 12.0 Å². The van der Waals surface area contributed by atoms with Crippen molar-refractivity contribution in [2.45, 2.75) is 25.8 Å². The fourth-order valence-corrected chi connectivity index (χ4v) is 2.17. The molecule has 88 valence electrons. The lowest BCUT2D eigenvalue weighted by Gasteiger charge is -2.24. The summed E-state index contributed by atoms with van der Waals surface area (Å²) in [5.41, 5.74) is 1.36. The van der Waals surface area contributed by atoms with Crippen molar-refractivity contribution in [1.29, 1.82) is 0 Å². The third-order valence-corrected chi connectivity index (χ3v) is 3.27. The lowest BCUT2D eigenvalue weighted by atomic mass is 10.0. The van der Waals surface area contributed by atoms with Crippen LogP contribution in [0.1, 0.15) is 31.4 Å². The van der Waals surface area contributed by atoms with Crippen LogP contribution in [-0.4, -0.2) is 19.8 Å². The van der Waals surface area contributed by atoms with E-state index >= 15 is 0 Å². The van der Waals surface area contributed by atoms with E-state index in [1.807, 2.05) is 0 Å². The first-order valence-corrected chi connectivity index (χ1v) is 6.22. The highest BCUT2D eigenvalue weighted by atomic mass is 16.5. The van der Waals surface area contributed by atoms with Crippen molar-refractivity contribution >= 4 is 0 Å². The van der Waals surface area contributed by atoms with E-state index in [-0.39, 0.29) is 0 Å². The van der Waals surface area contributed by atoms with Gasteiger partial charge in [0.2, 0.25) is 0 Å². The number of benzene rings is 1. The second-order valence-electron chi connectivity index (χ2n) is 4.62. The molecule has 2 rings (SSSR count). The number of hydrogen-bond donors (Lipinski definition) is 1. The molecule has 2 heteroatoms. The maximum atomic E-state index is 5.48. The normalized spacial score (nSPS) is 22.9. The van der Waals surface area contributed by atoms with E-state index in [1.54, 1.807) is 0 Å². The predicted molar refractivity (Wildman–Crippen MR) is 66.4 cm³/mol. The zero-order chi connectivity index (χ0) is 11.2. The van der Waals surface area contributed by atoms with Crippen molar-refractivity contribution in [1.82, 2.24) is 5.32 Å². The summed E-state index contributed by atoms with van der Waals surface area (Å²) in [7, 11) is 0. The van der Waals surface area contributed by atoms with E-state index in [2.05, 4.69) is 42.6 Å². The zero-order valence-corrected chi connectivity index (χ0v) is 9.99. The number of hydrogen-bond acceptors (Lipinski definition) is 2. The molecule has 1 aromatic rings. The van der Waals surface area contributed by atoms with Crippen LogP contribution in [0.25, 0.3) is 0 Å². The molecule has 1 heterocycles. The van der Waals surface area contributed by atoms with E-state index in [0.717, 1.165) is 19.8 Å². The van der Waals surface area contributed by atoms with Crippen LogP contribution < -0.4 is 5.32 Å². The number of rotatable bonds is 4. The molecule has 1 aliphatic rings. The van der Waals surface area contributed by atoms with Gasteiger partial charge in [-0.2, -0.15) is 0 Å². The van der Waals surface area contributed by atoms with Crippen molar-refractivity contribution in [2.75, 3.05) is 19.8 Å². The van der Waals surface area contributed by atoms with Crippen molar-refractivity contribution < 1.29 is 4.74 Å². The summed E-state index contributed by atoms with van der Waals surface area (Å²) in [4.78, 5) is 0. The van der Waals surface area contributed by atoms with Crippen molar-refractivity contribution in [3.05, 3.63) is 35.9 Å². The molecule has 0 aliphatic carbocycles. The first kappa shape index (κ1) is 11.6. The highest BCUT2D eigenvalue weighted by Crippen LogP contribution is 2.15. The third-order valence-electron chi connectivity index (χ3n) is 3.27. The predicted octanol–water partition coefficient (Wildman–Crippen LogP) is 2.76. The van der Waals surface area contributed by atoms with Crippen molar-refractivity contribution in [2.24, 2.45) is 5.92 Å². The minimum Gasteiger partial charge on any atom is -0.381 e. The van der Waals surface area contributed by atoms with Gasteiger partial charge < -0.3 is 10.1 Å². The van der Waals surface area contributed by atoms with Gasteiger partial charge in [0.25, 0.3) is 0 Å². The molecule has 0 bridgehead atoms. The minimum absolute atomic E-state index is 0.433. The lowest BCUT2D eigenvalue weighted by molar-refractivity contribution is 0.0540. The first-order valence-electron chi connectivity index (χ1n) is 6.22. The number of nitrogens with one attached hydrogen (secondary N) is 1. The highest BCUT2D eigenvalue weighted by Gasteiger charge is 2.14. The third kappa shape index (κ3) is 3.32. The molecule has 2 atom stereocenters. The molecule has 0 aromatic heterocycles. The Bertz CT molecular complexity index is 293. The van der Waals surface area contributed by atoms with Gasteiger partial charge in [-0.15, -0.1) is 0 Å². The van der Waals surface area contributed by atoms with Crippen LogP contribution in [0.15, 0.2) is 30.3 Å². The van der Waals surface area contributed by atoms with Gasteiger partial charge in [-0.05, 0) is 31.2 Å². The molecule has 2 nitrogen and oxygen atoms in total. The molecule has 1 unspecified atom stereocenters. The Labute approximate surface area is 98.0 Å². The summed E-state index contributed by atoms with van der Waals surface area (Å²) in [5, 5.41) is 3.59. The maximum absolute atomic E-state index is 5.48. The van der Waals surface area contributed by atoms with Gasteiger partial charge in [0.1, 0.15) is 0 Å². The first-order chi connectivity index (χ1) is 7.86. The largest absolute Gasteiger partial charge is 0.381 e. The van der Waals surface area contributed by atoms with E-state index in [4.69, 9.17) is 4.74 Å². The maximum Gasteiger partial charge on any atom is 0.0506 e. The minimum atomic E-state index is 0.433. The van der Waals surface area contributed by atoms with Crippen LogP contribution in [0.4, 0.5) is 0 Å². The van der Waals surface area contributed by atoms with Gasteiger partial charge in [-0.3, -0.25) is 0 Å². The molecule has 1 aliphatic heterocycles. The summed E-state index contributed by atoms with van der Waals surface area (Å²) >= 11 is 0. The average Bonchev–Trinajstić information content (AvgIpc) is 2.38. The van der Waals surface area contributed by atoms with Crippen molar-refractivity contribution in [3.63, 3.8) is 0 Å². The van der Waals surface area contributed by atoms with Gasteiger partial charge in [-0.1, -0.05) is 30.3 Å². The van der Waals surface area contributed by atoms with Crippen LogP contribution >= 0.6 is 0 Å². The van der Waals surface area contributed by atoms with Gasteiger partial charge in [0.05, 0.1) is 6.61 Å². The fourth-order valence-electron chi connectivity index (χ4n) is 2.17. The Balaban J connectivity index is 1.77. The summed E-state index contributed by atoms with van der Waals surface area (Å²) in [6.07, 6.45) is 2.51. The summed E-state index contributed by atoms with van der Waals surface area (Å²) in [6, 6.07) is 11.0. The summed E-state index contributed by atoms with van der Waals surface area (Å²) in [6.45, 7) is 5.16. The second-order valence-corrected chi connectivity index (χ2v) is 4.62. The molecule has 1 N–H and O–H groups in total. The van der Waals surface area contributed by atoms with Crippen LogP contribution in [0.3, 0.4) is 0 Å². The SMILES string of the molecule is C[C@H](NCC1CCCOC1)c1ccccc1. The standard InChI is InChI=1S/C14H21NO/c1-12(14-7-3-2-4-8-14)15-10-13-6-5-9-16-11-13/h2-4,7-8,12-13,15H,5-6,9-11H2,1H3/t12-,13?/m0/s1. The van der Waals surface area contributed by atoms with Gasteiger partial charge >= 0.3 is 0 Å². The Hall–Kier alpha value is -0.860. The smallest absolute Gasteiger partial charge is 0.0506 e. The summed E-state index contributed by atoms with van der Waals surface area (Å²) < 4.78 is 5.48. The van der Waals surface area contributed by atoms with Crippen molar-refractivity contribution in [3.8, 4) is 0 Å². The van der Waals surface area contributed by atoms with E-state index in [9.17, 15) is 0 Å². The Morgan fingerprint density at radius 1 is 1.38 bits per heavy atom. The molecule has 0 saturated carbocycles. The quantitative estimate of drug-likeness (QED) is 0.840. The molecule has 1 saturated heterocycles. The zero-order valence-electron chi connectivity index (χ0n) is 9.99. The molecular formula is C14H21NO. The average molecular weight is 219 g/mol. The molecule has 0 spiro atoms. The van der Waals surface area contributed by atoms with Gasteiger partial charge in [0, 0.05) is 19.2 Å². The van der Waals surface area contributed by atoms with E-state index < -0.39 is 0 Å². The van der Waals surface area contributed by atoms with E-state index in [1.165, 1.54) is 18.4 Å². The molecule has 0 radical (unpaired) electrons. The lowest BCUT2D eigenvalue weighted by Crippen LogP contribution is -2.30. The Morgan fingerprint density at radius 2 is 2.19 bits per heavy atom. The van der Waals surface area contributed by atoms with Gasteiger partial charge in [-0.25, -0.2) is 0 Å². The van der Waals surface area contributed by atoms with Crippen LogP contribution in [-0.2, 0) is 4.74 Å². The molecule has 0 amide bonds. The van der Waals surface area contributed by atoms with Crippen LogP contribution in [0.5, 0.6) is 0 Å². The fraction of sp³-hybridized carbons (Fsp3) is 0.571. The second kappa shape index (κ2) is 6.02. The molecule has 1 fully saturated rings. The topological polar surface area (TPSA) is 21.3 Å². The van der Waals surface area contributed by atoms with Crippen LogP contribution in [0.2, 0.25) is 0 Å². The Kier molecular flexibility index (Phi) is 4.37. The molecule has 1 aromatic carbocycles. The number of ether oxygens (including phenoxy) is 1. The van der Waals surface area contributed by atoms with Crippen LogP contribution in [0, 0.1) is 5.92 Å². The molecular weight excluding hydrogens is 198 g/mol. The molecule has 16 heavy (non-hydrogen) atoms.